The van der Waals surface area contributed by atoms with Crippen molar-refractivity contribution in [2.24, 2.45) is 5.73 Å². The number of morpholine rings is 1. The largest absolute Gasteiger partial charge is 0.388 e. The molecule has 0 saturated carbocycles. The first-order valence-corrected chi connectivity index (χ1v) is 6.36. The van der Waals surface area contributed by atoms with E-state index in [4.69, 9.17) is 22.7 Å². The molecule has 102 valence electrons. The first kappa shape index (κ1) is 13.7. The highest BCUT2D eigenvalue weighted by Gasteiger charge is 2.29. The molecular formula is C12H16N4O2S. The quantitative estimate of drug-likeness (QED) is 0.738. The number of nitrogens with two attached hydrogens (primary N) is 1. The molecule has 1 aliphatic rings. The second kappa shape index (κ2) is 5.94. The van der Waals surface area contributed by atoms with E-state index < -0.39 is 0 Å². The van der Waals surface area contributed by atoms with E-state index in [1.165, 1.54) is 0 Å². The molecule has 6 nitrogen and oxygen atoms in total. The molecule has 1 aromatic rings. The van der Waals surface area contributed by atoms with Gasteiger partial charge in [-0.3, -0.25) is 9.78 Å². The van der Waals surface area contributed by atoms with Crippen LogP contribution >= 0.6 is 12.2 Å². The van der Waals surface area contributed by atoms with Gasteiger partial charge in [-0.25, -0.2) is 0 Å². The Kier molecular flexibility index (Phi) is 4.28. The number of pyridine rings is 1. The zero-order valence-corrected chi connectivity index (χ0v) is 11.4. The zero-order valence-electron chi connectivity index (χ0n) is 10.6. The second-order valence-corrected chi connectivity index (χ2v) is 4.60. The monoisotopic (exact) mass is 280 g/mol. The molecule has 1 saturated heterocycles. The average Bonchev–Trinajstić information content (AvgIpc) is 2.46. The van der Waals surface area contributed by atoms with Crippen LogP contribution in [0.3, 0.4) is 0 Å². The zero-order chi connectivity index (χ0) is 13.8. The summed E-state index contributed by atoms with van der Waals surface area (Å²) in [6.07, 6.45) is 1.64. The van der Waals surface area contributed by atoms with Crippen LogP contribution in [-0.2, 0) is 9.53 Å². The standard InChI is InChI=1S/C12H16N4O2S/c1-14-12(17)10-7-18-5-4-16(10)8-2-3-15-9(6-8)11(13)19/h2-3,6,10H,4-5,7H2,1H3,(H2,13,19)(H,14,17). The number of nitrogens with one attached hydrogen (secondary N) is 1. The van der Waals surface area contributed by atoms with E-state index in [2.05, 4.69) is 10.3 Å². The van der Waals surface area contributed by atoms with Crippen LogP contribution in [0.25, 0.3) is 0 Å². The minimum absolute atomic E-state index is 0.0756. The Morgan fingerprint density at radius 1 is 1.68 bits per heavy atom. The van der Waals surface area contributed by atoms with Crippen molar-refractivity contribution >= 4 is 28.8 Å². The maximum Gasteiger partial charge on any atom is 0.244 e. The Labute approximate surface area is 116 Å². The number of thiocarbonyl (C=S) groups is 1. The van der Waals surface area contributed by atoms with Crippen molar-refractivity contribution in [3.63, 3.8) is 0 Å². The SMILES string of the molecule is CNC(=O)C1COCCN1c1ccnc(C(N)=S)c1. The fraction of sp³-hybridized carbons (Fsp3) is 0.417. The summed E-state index contributed by atoms with van der Waals surface area (Å²) < 4.78 is 5.37. The molecule has 0 aromatic carbocycles. The number of ether oxygens (including phenoxy) is 1. The molecule has 19 heavy (non-hydrogen) atoms. The molecule has 1 atom stereocenters. The number of carbonyl (C=O) groups is 1. The summed E-state index contributed by atoms with van der Waals surface area (Å²) >= 11 is 4.92. The predicted octanol–water partition coefficient (Wildman–Crippen LogP) is -0.333. The van der Waals surface area contributed by atoms with Gasteiger partial charge in [0.25, 0.3) is 0 Å². The van der Waals surface area contributed by atoms with E-state index in [9.17, 15) is 4.79 Å². The van der Waals surface area contributed by atoms with Gasteiger partial charge in [-0.15, -0.1) is 0 Å². The fourth-order valence-corrected chi connectivity index (χ4v) is 2.14. The second-order valence-electron chi connectivity index (χ2n) is 4.16. The third kappa shape index (κ3) is 2.99. The molecule has 7 heteroatoms. The van der Waals surface area contributed by atoms with Crippen molar-refractivity contribution in [3.8, 4) is 0 Å². The third-order valence-electron chi connectivity index (χ3n) is 3.01. The van der Waals surface area contributed by atoms with E-state index >= 15 is 0 Å². The summed E-state index contributed by atoms with van der Waals surface area (Å²) in [7, 11) is 1.61. The number of aromatic nitrogens is 1. The van der Waals surface area contributed by atoms with Gasteiger partial charge in [0.1, 0.15) is 11.0 Å². The van der Waals surface area contributed by atoms with Crippen molar-refractivity contribution in [3.05, 3.63) is 24.0 Å². The van der Waals surface area contributed by atoms with Gasteiger partial charge in [0.15, 0.2) is 0 Å². The predicted molar refractivity (Wildman–Crippen MR) is 76.1 cm³/mol. The van der Waals surface area contributed by atoms with E-state index in [0.29, 0.717) is 25.5 Å². The molecule has 1 amide bonds. The minimum atomic E-state index is -0.347. The lowest BCUT2D eigenvalue weighted by Gasteiger charge is -2.36. The normalized spacial score (nSPS) is 19.0. The fourth-order valence-electron chi connectivity index (χ4n) is 2.03. The van der Waals surface area contributed by atoms with Crippen LogP contribution in [-0.4, -0.2) is 48.7 Å². The smallest absolute Gasteiger partial charge is 0.244 e. The number of anilines is 1. The lowest BCUT2D eigenvalue weighted by molar-refractivity contribution is -0.124. The molecule has 3 N–H and O–H groups in total. The Bertz CT molecular complexity index is 494. The highest BCUT2D eigenvalue weighted by molar-refractivity contribution is 7.80. The molecule has 2 rings (SSSR count). The summed E-state index contributed by atoms with van der Waals surface area (Å²) in [5.74, 6) is -0.0756. The van der Waals surface area contributed by atoms with E-state index in [1.807, 2.05) is 11.0 Å². The number of rotatable bonds is 3. The minimum Gasteiger partial charge on any atom is -0.388 e. The molecule has 1 aromatic heterocycles. The molecule has 0 spiro atoms. The highest BCUT2D eigenvalue weighted by Crippen LogP contribution is 2.20. The molecule has 1 fully saturated rings. The van der Waals surface area contributed by atoms with Crippen molar-refractivity contribution in [1.82, 2.24) is 10.3 Å². The van der Waals surface area contributed by atoms with Gasteiger partial charge in [-0.2, -0.15) is 0 Å². The highest BCUT2D eigenvalue weighted by atomic mass is 32.1. The number of nitrogens with zero attached hydrogens (tertiary/aromatic N) is 2. The molecular weight excluding hydrogens is 264 g/mol. The summed E-state index contributed by atoms with van der Waals surface area (Å²) in [5.41, 5.74) is 7.00. The topological polar surface area (TPSA) is 80.5 Å². The van der Waals surface area contributed by atoms with Crippen molar-refractivity contribution in [2.45, 2.75) is 6.04 Å². The summed E-state index contributed by atoms with van der Waals surface area (Å²) in [4.78, 5) is 18.2. The van der Waals surface area contributed by atoms with Gasteiger partial charge in [0, 0.05) is 25.5 Å². The van der Waals surface area contributed by atoms with E-state index in [-0.39, 0.29) is 16.9 Å². The maximum atomic E-state index is 11.9. The van der Waals surface area contributed by atoms with E-state index in [1.54, 1.807) is 19.3 Å². The van der Waals surface area contributed by atoms with Gasteiger partial charge in [0.05, 0.1) is 18.9 Å². The van der Waals surface area contributed by atoms with Gasteiger partial charge >= 0.3 is 0 Å². The van der Waals surface area contributed by atoms with Gasteiger partial charge in [0.2, 0.25) is 5.91 Å². The van der Waals surface area contributed by atoms with Crippen LogP contribution in [0, 0.1) is 0 Å². The Morgan fingerprint density at radius 2 is 2.47 bits per heavy atom. The first-order valence-electron chi connectivity index (χ1n) is 5.95. The van der Waals surface area contributed by atoms with E-state index in [0.717, 1.165) is 5.69 Å². The first-order chi connectivity index (χ1) is 9.13. The number of hydrogen-bond donors (Lipinski definition) is 2. The summed E-state index contributed by atoms with van der Waals surface area (Å²) in [6, 6.07) is 3.28. The van der Waals surface area contributed by atoms with Gasteiger partial charge in [-0.05, 0) is 12.1 Å². The summed E-state index contributed by atoms with van der Waals surface area (Å²) in [5, 5.41) is 2.65. The third-order valence-corrected chi connectivity index (χ3v) is 3.21. The van der Waals surface area contributed by atoms with Crippen molar-refractivity contribution in [2.75, 3.05) is 31.7 Å². The molecule has 0 radical (unpaired) electrons. The molecule has 2 heterocycles. The summed E-state index contributed by atoms with van der Waals surface area (Å²) in [6.45, 7) is 1.58. The van der Waals surface area contributed by atoms with Crippen LogP contribution in [0.5, 0.6) is 0 Å². The maximum absolute atomic E-state index is 11.9. The van der Waals surface area contributed by atoms with Crippen molar-refractivity contribution in [1.29, 1.82) is 0 Å². The Morgan fingerprint density at radius 3 is 3.16 bits per heavy atom. The Hall–Kier alpha value is -1.73. The van der Waals surface area contributed by atoms with Crippen LogP contribution in [0.4, 0.5) is 5.69 Å². The number of amides is 1. The molecule has 0 aliphatic carbocycles. The van der Waals surface area contributed by atoms with Crippen LogP contribution < -0.4 is 16.0 Å². The molecule has 1 aliphatic heterocycles. The van der Waals surface area contributed by atoms with Crippen LogP contribution in [0.2, 0.25) is 0 Å². The van der Waals surface area contributed by atoms with Gasteiger partial charge < -0.3 is 20.7 Å². The average molecular weight is 280 g/mol. The van der Waals surface area contributed by atoms with Gasteiger partial charge in [-0.1, -0.05) is 12.2 Å². The lowest BCUT2D eigenvalue weighted by atomic mass is 10.1. The molecule has 0 bridgehead atoms. The number of carbonyl (C=O) groups excluding carboxylic acids is 1. The van der Waals surface area contributed by atoms with Crippen LogP contribution in [0.15, 0.2) is 18.3 Å². The lowest BCUT2D eigenvalue weighted by Crippen LogP contribution is -2.53. The van der Waals surface area contributed by atoms with Crippen molar-refractivity contribution < 1.29 is 9.53 Å². The number of likely N-dealkylation sites (N-methyl/N-ethyl adjacent to an activating group) is 1. The number of hydrogen-bond acceptors (Lipinski definition) is 5. The molecule has 1 unspecified atom stereocenters. The Balaban J connectivity index is 2.29. The van der Waals surface area contributed by atoms with Crippen LogP contribution in [0.1, 0.15) is 5.69 Å².